The van der Waals surface area contributed by atoms with Crippen LogP contribution in [0.15, 0.2) is 10.9 Å². The van der Waals surface area contributed by atoms with E-state index in [9.17, 15) is 0 Å². The molecule has 1 aromatic heterocycles. The average Bonchev–Trinajstić information content (AvgIpc) is 2.89. The van der Waals surface area contributed by atoms with Crippen molar-refractivity contribution in [3.8, 4) is 0 Å². The molecule has 5 nitrogen and oxygen atoms in total. The van der Waals surface area contributed by atoms with Crippen LogP contribution < -0.4 is 5.32 Å². The van der Waals surface area contributed by atoms with Crippen molar-refractivity contribution in [2.45, 2.75) is 32.7 Å². The normalized spacial score (nSPS) is 23.8. The molecule has 1 saturated heterocycles. The number of rotatable bonds is 5. The molecule has 2 unspecified atom stereocenters. The van der Waals surface area contributed by atoms with Crippen LogP contribution in [0.25, 0.3) is 0 Å². The molecule has 0 aliphatic carbocycles. The topological polar surface area (TPSA) is 54.2 Å². The molecule has 0 amide bonds. The first-order valence-electron chi connectivity index (χ1n) is 6.51. The van der Waals surface area contributed by atoms with E-state index in [0.29, 0.717) is 6.04 Å². The van der Waals surface area contributed by atoms with Crippen molar-refractivity contribution in [1.82, 2.24) is 20.4 Å². The van der Waals surface area contributed by atoms with Crippen molar-refractivity contribution in [3.05, 3.63) is 12.2 Å². The maximum absolute atomic E-state index is 5.02. The van der Waals surface area contributed by atoms with Crippen LogP contribution in [0.1, 0.15) is 26.2 Å². The summed E-state index contributed by atoms with van der Waals surface area (Å²) in [7, 11) is 0. The Morgan fingerprint density at radius 3 is 3.24 bits per heavy atom. The van der Waals surface area contributed by atoms with E-state index in [0.717, 1.165) is 44.4 Å². The van der Waals surface area contributed by atoms with E-state index >= 15 is 0 Å². The molecule has 1 aromatic rings. The molecule has 17 heavy (non-hydrogen) atoms. The van der Waals surface area contributed by atoms with Crippen LogP contribution in [0, 0.1) is 5.92 Å². The lowest BCUT2D eigenvalue weighted by atomic mass is 9.97. The molecule has 0 radical (unpaired) electrons. The second-order valence-corrected chi connectivity index (χ2v) is 4.83. The highest BCUT2D eigenvalue weighted by Gasteiger charge is 2.22. The van der Waals surface area contributed by atoms with Gasteiger partial charge in [-0.1, -0.05) is 25.4 Å². The van der Waals surface area contributed by atoms with Gasteiger partial charge in [-0.2, -0.15) is 4.98 Å². The smallest absolute Gasteiger partial charge is 0.227 e. The second-order valence-electron chi connectivity index (χ2n) is 4.83. The van der Waals surface area contributed by atoms with Crippen molar-refractivity contribution in [2.75, 3.05) is 26.2 Å². The van der Waals surface area contributed by atoms with Crippen LogP contribution in [-0.2, 0) is 6.42 Å². The summed E-state index contributed by atoms with van der Waals surface area (Å²) >= 11 is 0. The summed E-state index contributed by atoms with van der Waals surface area (Å²) in [5.74, 6) is 1.48. The van der Waals surface area contributed by atoms with Crippen LogP contribution >= 0.6 is 0 Å². The highest BCUT2D eigenvalue weighted by atomic mass is 16.5. The third-order valence-electron chi connectivity index (χ3n) is 3.67. The maximum Gasteiger partial charge on any atom is 0.227 e. The van der Waals surface area contributed by atoms with E-state index in [4.69, 9.17) is 4.52 Å². The van der Waals surface area contributed by atoms with Gasteiger partial charge in [-0.3, -0.25) is 0 Å². The van der Waals surface area contributed by atoms with E-state index in [1.54, 1.807) is 0 Å². The monoisotopic (exact) mass is 238 g/mol. The highest BCUT2D eigenvalue weighted by molar-refractivity contribution is 4.84. The minimum atomic E-state index is 0.622. The molecular formula is C12H22N4O. The third kappa shape index (κ3) is 3.51. The van der Waals surface area contributed by atoms with Gasteiger partial charge < -0.3 is 14.7 Å². The summed E-state index contributed by atoms with van der Waals surface area (Å²) in [6, 6.07) is 0.622. The van der Waals surface area contributed by atoms with Gasteiger partial charge in [0.2, 0.25) is 5.89 Å². The molecule has 1 fully saturated rings. The van der Waals surface area contributed by atoms with Gasteiger partial charge in [0.15, 0.2) is 6.33 Å². The van der Waals surface area contributed by atoms with Gasteiger partial charge in [-0.15, -0.1) is 0 Å². The zero-order chi connectivity index (χ0) is 12.1. The van der Waals surface area contributed by atoms with E-state index in [-0.39, 0.29) is 0 Å². The van der Waals surface area contributed by atoms with Crippen molar-refractivity contribution < 1.29 is 4.52 Å². The Kier molecular flexibility index (Phi) is 4.50. The van der Waals surface area contributed by atoms with Crippen LogP contribution in [0.2, 0.25) is 0 Å². The Bertz CT molecular complexity index is 314. The summed E-state index contributed by atoms with van der Waals surface area (Å²) in [5, 5.41) is 7.23. The Morgan fingerprint density at radius 2 is 2.53 bits per heavy atom. The predicted octanol–water partition coefficient (Wildman–Crippen LogP) is 0.932. The maximum atomic E-state index is 5.02. The summed E-state index contributed by atoms with van der Waals surface area (Å²) < 4.78 is 5.02. The number of nitrogens with zero attached hydrogens (tertiary/aromatic N) is 3. The van der Waals surface area contributed by atoms with Gasteiger partial charge in [0.05, 0.1) is 0 Å². The minimum absolute atomic E-state index is 0.622. The SMILES string of the molecule is CCC(C)C1CN(CCc2ncno2)CCN1. The van der Waals surface area contributed by atoms with Crippen molar-refractivity contribution in [2.24, 2.45) is 5.92 Å². The lowest BCUT2D eigenvalue weighted by molar-refractivity contribution is 0.166. The molecule has 0 bridgehead atoms. The van der Waals surface area contributed by atoms with Gasteiger partial charge in [-0.05, 0) is 5.92 Å². The Hall–Kier alpha value is -0.940. The summed E-state index contributed by atoms with van der Waals surface area (Å²) in [6.45, 7) is 8.91. The predicted molar refractivity (Wildman–Crippen MR) is 65.7 cm³/mol. The molecular weight excluding hydrogens is 216 g/mol. The van der Waals surface area contributed by atoms with Crippen molar-refractivity contribution >= 4 is 0 Å². The molecule has 0 saturated carbocycles. The molecule has 1 aliphatic heterocycles. The zero-order valence-corrected chi connectivity index (χ0v) is 10.7. The van der Waals surface area contributed by atoms with Crippen molar-refractivity contribution in [1.29, 1.82) is 0 Å². The Morgan fingerprint density at radius 1 is 1.65 bits per heavy atom. The fourth-order valence-electron chi connectivity index (χ4n) is 2.27. The number of aromatic nitrogens is 2. The van der Waals surface area contributed by atoms with Gasteiger partial charge in [-0.25, -0.2) is 0 Å². The lowest BCUT2D eigenvalue weighted by Crippen LogP contribution is -2.53. The Balaban J connectivity index is 1.77. The van der Waals surface area contributed by atoms with Gasteiger partial charge in [0.1, 0.15) is 0 Å². The molecule has 5 heteroatoms. The third-order valence-corrected chi connectivity index (χ3v) is 3.67. The minimum Gasteiger partial charge on any atom is -0.340 e. The van der Waals surface area contributed by atoms with E-state index in [2.05, 4.69) is 34.2 Å². The first-order chi connectivity index (χ1) is 8.29. The first-order valence-corrected chi connectivity index (χ1v) is 6.51. The summed E-state index contributed by atoms with van der Waals surface area (Å²) in [4.78, 5) is 6.53. The molecule has 1 aliphatic rings. The number of hydrogen-bond acceptors (Lipinski definition) is 5. The quantitative estimate of drug-likeness (QED) is 0.827. The molecule has 0 aromatic carbocycles. The lowest BCUT2D eigenvalue weighted by Gasteiger charge is -2.36. The summed E-state index contributed by atoms with van der Waals surface area (Å²) in [5.41, 5.74) is 0. The van der Waals surface area contributed by atoms with Gasteiger partial charge >= 0.3 is 0 Å². The first kappa shape index (κ1) is 12.5. The molecule has 2 atom stereocenters. The van der Waals surface area contributed by atoms with E-state index in [1.807, 2.05) is 0 Å². The largest absolute Gasteiger partial charge is 0.340 e. The number of hydrogen-bond donors (Lipinski definition) is 1. The average molecular weight is 238 g/mol. The van der Waals surface area contributed by atoms with Crippen molar-refractivity contribution in [3.63, 3.8) is 0 Å². The van der Waals surface area contributed by atoms with Crippen LogP contribution in [0.4, 0.5) is 0 Å². The molecule has 1 N–H and O–H groups in total. The number of piperazine rings is 1. The second kappa shape index (κ2) is 6.12. The van der Waals surface area contributed by atoms with E-state index in [1.165, 1.54) is 12.7 Å². The van der Waals surface area contributed by atoms with Crippen LogP contribution in [-0.4, -0.2) is 47.3 Å². The van der Waals surface area contributed by atoms with Crippen LogP contribution in [0.3, 0.4) is 0 Å². The molecule has 0 spiro atoms. The van der Waals surface area contributed by atoms with Gasteiger partial charge in [0.25, 0.3) is 0 Å². The fraction of sp³-hybridized carbons (Fsp3) is 0.833. The highest BCUT2D eigenvalue weighted by Crippen LogP contribution is 2.12. The molecule has 2 heterocycles. The standard InChI is InChI=1S/C12H22N4O/c1-3-10(2)11-8-16(7-5-13-11)6-4-12-14-9-15-17-12/h9-11,13H,3-8H2,1-2H3. The van der Waals surface area contributed by atoms with E-state index < -0.39 is 0 Å². The summed E-state index contributed by atoms with van der Waals surface area (Å²) in [6.07, 6.45) is 3.55. The van der Waals surface area contributed by atoms with Gasteiger partial charge in [0, 0.05) is 38.6 Å². The Labute approximate surface area is 103 Å². The zero-order valence-electron chi connectivity index (χ0n) is 10.7. The fourth-order valence-corrected chi connectivity index (χ4v) is 2.27. The molecule has 2 rings (SSSR count). The molecule has 96 valence electrons. The number of nitrogens with one attached hydrogen (secondary N) is 1. The van der Waals surface area contributed by atoms with Crippen LogP contribution in [0.5, 0.6) is 0 Å².